The number of carboxylic acids is 1. The third-order valence-electron chi connectivity index (χ3n) is 2.43. The topological polar surface area (TPSA) is 113 Å². The first-order valence-electron chi connectivity index (χ1n) is 5.27. The Hall–Kier alpha value is -2.83. The summed E-state index contributed by atoms with van der Waals surface area (Å²) in [6.07, 6.45) is 1.12. The number of carbonyl (C=O) groups is 2. The minimum atomic E-state index is -1.26. The van der Waals surface area contributed by atoms with Crippen molar-refractivity contribution in [2.24, 2.45) is 0 Å². The molecule has 3 N–H and O–H groups in total. The van der Waals surface area contributed by atoms with Gasteiger partial charge in [0.1, 0.15) is 5.75 Å². The monoisotopic (exact) mass is 262 g/mol. The van der Waals surface area contributed by atoms with Crippen LogP contribution in [0.2, 0.25) is 0 Å². The van der Waals surface area contributed by atoms with Crippen LogP contribution in [0.15, 0.2) is 29.0 Å². The van der Waals surface area contributed by atoms with Gasteiger partial charge in [0, 0.05) is 0 Å². The number of anilines is 1. The number of hydrogen-bond acceptors (Lipinski definition) is 5. The van der Waals surface area contributed by atoms with E-state index in [9.17, 15) is 14.7 Å². The lowest BCUT2D eigenvalue weighted by Gasteiger charge is -2.07. The van der Waals surface area contributed by atoms with Gasteiger partial charge in [-0.05, 0) is 25.1 Å². The van der Waals surface area contributed by atoms with Crippen molar-refractivity contribution in [3.05, 3.63) is 41.6 Å². The normalized spacial score (nSPS) is 10.2. The first kappa shape index (κ1) is 12.6. The fourth-order valence-electron chi connectivity index (χ4n) is 1.52. The zero-order valence-electron chi connectivity index (χ0n) is 9.88. The first-order chi connectivity index (χ1) is 8.99. The van der Waals surface area contributed by atoms with E-state index in [2.05, 4.69) is 10.3 Å². The van der Waals surface area contributed by atoms with Crippen LogP contribution in [0.25, 0.3) is 0 Å². The van der Waals surface area contributed by atoms with Gasteiger partial charge in [0.15, 0.2) is 6.39 Å². The number of nitrogens with one attached hydrogen (secondary N) is 1. The maximum atomic E-state index is 11.9. The molecule has 2 aromatic rings. The van der Waals surface area contributed by atoms with Crippen LogP contribution in [0.3, 0.4) is 0 Å². The van der Waals surface area contributed by atoms with Gasteiger partial charge in [-0.25, -0.2) is 9.78 Å². The number of benzene rings is 1. The molecule has 0 aliphatic carbocycles. The van der Waals surface area contributed by atoms with Crippen molar-refractivity contribution in [3.8, 4) is 5.75 Å². The molecule has 0 radical (unpaired) electrons. The summed E-state index contributed by atoms with van der Waals surface area (Å²) in [6.45, 7) is 1.59. The van der Waals surface area contributed by atoms with Crippen molar-refractivity contribution >= 4 is 17.6 Å². The van der Waals surface area contributed by atoms with Crippen LogP contribution in [0.1, 0.15) is 26.6 Å². The number of rotatable bonds is 3. The molecule has 0 saturated heterocycles. The Bertz CT molecular complexity index is 647. The van der Waals surface area contributed by atoms with Crippen LogP contribution < -0.4 is 5.32 Å². The lowest BCUT2D eigenvalue weighted by Crippen LogP contribution is -2.15. The van der Waals surface area contributed by atoms with Crippen LogP contribution in [-0.4, -0.2) is 27.1 Å². The highest BCUT2D eigenvalue weighted by atomic mass is 16.4. The molecule has 0 bridgehead atoms. The van der Waals surface area contributed by atoms with Crippen LogP contribution >= 0.6 is 0 Å². The fourth-order valence-corrected chi connectivity index (χ4v) is 1.52. The van der Waals surface area contributed by atoms with Gasteiger partial charge in [-0.1, -0.05) is 0 Å². The van der Waals surface area contributed by atoms with E-state index in [-0.39, 0.29) is 22.8 Å². The molecule has 1 aromatic heterocycles. The number of oxazole rings is 1. The number of aryl methyl sites for hydroxylation is 1. The highest BCUT2D eigenvalue weighted by molar-refractivity contribution is 6.06. The zero-order chi connectivity index (χ0) is 14.0. The molecule has 0 spiro atoms. The van der Waals surface area contributed by atoms with Crippen LogP contribution in [-0.2, 0) is 0 Å². The molecule has 0 atom stereocenters. The molecule has 0 saturated carbocycles. The minimum absolute atomic E-state index is 0.00409. The summed E-state index contributed by atoms with van der Waals surface area (Å²) >= 11 is 0. The molecule has 0 aliphatic heterocycles. The number of amides is 1. The standard InChI is InChI=1S/C12H10N2O5/c1-6-10(19-5-13-6)11(16)14-9-3-2-7(15)4-8(9)12(17)18/h2-5,15H,1H3,(H,14,16)(H,17,18). The number of carboxylic acid groups (broad SMARTS) is 1. The van der Waals surface area contributed by atoms with Crippen molar-refractivity contribution < 1.29 is 24.2 Å². The van der Waals surface area contributed by atoms with Gasteiger partial charge < -0.3 is 19.9 Å². The second-order valence-electron chi connectivity index (χ2n) is 3.76. The van der Waals surface area contributed by atoms with E-state index < -0.39 is 11.9 Å². The predicted octanol–water partition coefficient (Wildman–Crippen LogP) is 1.64. The van der Waals surface area contributed by atoms with E-state index in [0.717, 1.165) is 12.5 Å². The zero-order valence-corrected chi connectivity index (χ0v) is 9.88. The van der Waals surface area contributed by atoms with E-state index in [1.807, 2.05) is 0 Å². The lowest BCUT2D eigenvalue weighted by molar-refractivity contribution is 0.0697. The highest BCUT2D eigenvalue weighted by Crippen LogP contribution is 2.22. The molecule has 2 rings (SSSR count). The van der Waals surface area contributed by atoms with Crippen molar-refractivity contribution in [1.29, 1.82) is 0 Å². The fraction of sp³-hybridized carbons (Fsp3) is 0.0833. The highest BCUT2D eigenvalue weighted by Gasteiger charge is 2.18. The summed E-state index contributed by atoms with van der Waals surface area (Å²) < 4.78 is 4.90. The molecule has 1 heterocycles. The first-order valence-corrected chi connectivity index (χ1v) is 5.27. The Morgan fingerprint density at radius 3 is 2.68 bits per heavy atom. The van der Waals surface area contributed by atoms with E-state index in [1.165, 1.54) is 12.1 Å². The summed E-state index contributed by atoms with van der Waals surface area (Å²) in [6, 6.07) is 3.61. The largest absolute Gasteiger partial charge is 0.508 e. The number of phenolic OH excluding ortho intramolecular Hbond substituents is 1. The van der Waals surface area contributed by atoms with Crippen molar-refractivity contribution in [3.63, 3.8) is 0 Å². The number of aromatic nitrogens is 1. The van der Waals surface area contributed by atoms with E-state index >= 15 is 0 Å². The maximum Gasteiger partial charge on any atom is 0.337 e. The molecule has 1 aromatic carbocycles. The van der Waals surface area contributed by atoms with E-state index in [4.69, 9.17) is 9.52 Å². The lowest BCUT2D eigenvalue weighted by atomic mass is 10.1. The summed E-state index contributed by atoms with van der Waals surface area (Å²) in [5, 5.41) is 20.6. The summed E-state index contributed by atoms with van der Waals surface area (Å²) in [7, 11) is 0. The van der Waals surface area contributed by atoms with E-state index in [0.29, 0.717) is 5.69 Å². The quantitative estimate of drug-likeness (QED) is 0.725. The Kier molecular flexibility index (Phi) is 3.19. The van der Waals surface area contributed by atoms with Gasteiger partial charge in [-0.15, -0.1) is 0 Å². The average molecular weight is 262 g/mol. The van der Waals surface area contributed by atoms with Gasteiger partial charge in [0.25, 0.3) is 5.91 Å². The molecule has 0 unspecified atom stereocenters. The molecule has 0 fully saturated rings. The summed E-state index contributed by atoms with van der Waals surface area (Å²) in [5.41, 5.74) is 0.241. The van der Waals surface area contributed by atoms with Gasteiger partial charge in [0.2, 0.25) is 5.76 Å². The number of phenols is 1. The van der Waals surface area contributed by atoms with Gasteiger partial charge in [-0.3, -0.25) is 4.79 Å². The number of aromatic hydroxyl groups is 1. The predicted molar refractivity (Wildman–Crippen MR) is 64.3 cm³/mol. The van der Waals surface area contributed by atoms with Crippen LogP contribution in [0.5, 0.6) is 5.75 Å². The molecule has 0 aliphatic rings. The number of hydrogen-bond donors (Lipinski definition) is 3. The Balaban J connectivity index is 2.32. The average Bonchev–Trinajstić information content (AvgIpc) is 2.77. The molecule has 7 nitrogen and oxygen atoms in total. The summed E-state index contributed by atoms with van der Waals surface area (Å²) in [4.78, 5) is 26.6. The molecule has 98 valence electrons. The Morgan fingerprint density at radius 1 is 1.37 bits per heavy atom. The van der Waals surface area contributed by atoms with Gasteiger partial charge >= 0.3 is 5.97 Å². The van der Waals surface area contributed by atoms with Gasteiger partial charge in [0.05, 0.1) is 16.9 Å². The Morgan fingerprint density at radius 2 is 2.11 bits per heavy atom. The molecule has 1 amide bonds. The third-order valence-corrected chi connectivity index (χ3v) is 2.43. The number of nitrogens with zero attached hydrogens (tertiary/aromatic N) is 1. The number of aromatic carboxylic acids is 1. The maximum absolute atomic E-state index is 11.9. The second kappa shape index (κ2) is 4.81. The van der Waals surface area contributed by atoms with Gasteiger partial charge in [-0.2, -0.15) is 0 Å². The second-order valence-corrected chi connectivity index (χ2v) is 3.76. The molecule has 7 heteroatoms. The van der Waals surface area contributed by atoms with Crippen LogP contribution in [0, 0.1) is 6.92 Å². The van der Waals surface area contributed by atoms with Crippen molar-refractivity contribution in [2.45, 2.75) is 6.92 Å². The third kappa shape index (κ3) is 2.54. The van der Waals surface area contributed by atoms with Crippen molar-refractivity contribution in [2.75, 3.05) is 5.32 Å². The minimum Gasteiger partial charge on any atom is -0.508 e. The SMILES string of the molecule is Cc1ncoc1C(=O)Nc1ccc(O)cc1C(=O)O. The van der Waals surface area contributed by atoms with E-state index in [1.54, 1.807) is 6.92 Å². The van der Waals surface area contributed by atoms with Crippen molar-refractivity contribution in [1.82, 2.24) is 4.98 Å². The summed E-state index contributed by atoms with van der Waals surface area (Å²) in [5.74, 6) is -2.07. The molecule has 19 heavy (non-hydrogen) atoms. The molecular weight excluding hydrogens is 252 g/mol. The number of carbonyl (C=O) groups excluding carboxylic acids is 1. The Labute approximate surface area is 107 Å². The molecular formula is C12H10N2O5. The van der Waals surface area contributed by atoms with Crippen LogP contribution in [0.4, 0.5) is 5.69 Å². The smallest absolute Gasteiger partial charge is 0.337 e.